The summed E-state index contributed by atoms with van der Waals surface area (Å²) in [6.45, 7) is 4.60. The van der Waals surface area contributed by atoms with Crippen molar-refractivity contribution in [1.82, 2.24) is 5.32 Å². The molecule has 0 aliphatic rings. The highest BCUT2D eigenvalue weighted by molar-refractivity contribution is 5.75. The predicted octanol–water partition coefficient (Wildman–Crippen LogP) is 1.67. The van der Waals surface area contributed by atoms with E-state index in [2.05, 4.69) is 0 Å². The number of aliphatic hydroxyl groups is 1. The van der Waals surface area contributed by atoms with Gasteiger partial charge in [-0.15, -0.1) is 0 Å². The molecule has 118 valence electrons. The van der Waals surface area contributed by atoms with Crippen LogP contribution in [0, 0.1) is 0 Å². The van der Waals surface area contributed by atoms with Crippen molar-refractivity contribution in [3.8, 4) is 0 Å². The van der Waals surface area contributed by atoms with Crippen molar-refractivity contribution in [2.24, 2.45) is 0 Å². The van der Waals surface area contributed by atoms with Crippen LogP contribution in [0.3, 0.4) is 0 Å². The number of carboxylic acids is 1. The number of hydrogen-bond acceptors (Lipinski definition) is 4. The van der Waals surface area contributed by atoms with Gasteiger partial charge in [0.25, 0.3) is 0 Å². The largest absolute Gasteiger partial charge is 0.479 e. The minimum Gasteiger partial charge on any atom is -0.479 e. The first-order valence-electron chi connectivity index (χ1n) is 5.79. The van der Waals surface area contributed by atoms with Crippen LogP contribution in [0.25, 0.3) is 0 Å². The number of alkyl carbamates (subject to hydrolysis) is 1. The van der Waals surface area contributed by atoms with Gasteiger partial charge in [-0.2, -0.15) is 13.2 Å². The van der Waals surface area contributed by atoms with Gasteiger partial charge in [0.05, 0.1) is 6.04 Å². The van der Waals surface area contributed by atoms with E-state index in [1.165, 1.54) is 20.8 Å². The number of nitrogens with one attached hydrogen (secondary N) is 1. The molecule has 0 bridgehead atoms. The predicted molar refractivity (Wildman–Crippen MR) is 62.1 cm³/mol. The summed E-state index contributed by atoms with van der Waals surface area (Å²) < 4.78 is 41.1. The van der Waals surface area contributed by atoms with E-state index in [0.717, 1.165) is 0 Å². The zero-order chi connectivity index (χ0) is 16.1. The lowest BCUT2D eigenvalue weighted by Crippen LogP contribution is -2.48. The number of carbonyl (C=O) groups excluding carboxylic acids is 1. The van der Waals surface area contributed by atoms with Crippen LogP contribution in [-0.2, 0) is 9.53 Å². The molecule has 0 spiro atoms. The third-order valence-electron chi connectivity index (χ3n) is 2.08. The number of carboxylic acid groups (broad SMARTS) is 1. The zero-order valence-electron chi connectivity index (χ0n) is 11.3. The lowest BCUT2D eigenvalue weighted by Gasteiger charge is -2.25. The van der Waals surface area contributed by atoms with Gasteiger partial charge in [-0.25, -0.2) is 9.59 Å². The molecule has 0 saturated heterocycles. The Kier molecular flexibility index (Phi) is 6.27. The molecule has 0 aliphatic carbocycles. The van der Waals surface area contributed by atoms with Crippen LogP contribution >= 0.6 is 0 Å². The molecule has 0 aromatic carbocycles. The van der Waals surface area contributed by atoms with Crippen molar-refractivity contribution in [2.75, 3.05) is 0 Å². The fourth-order valence-corrected chi connectivity index (χ4v) is 1.26. The summed E-state index contributed by atoms with van der Waals surface area (Å²) in [5, 5.41) is 19.8. The number of hydrogen-bond donors (Lipinski definition) is 3. The first kappa shape index (κ1) is 18.5. The third-order valence-corrected chi connectivity index (χ3v) is 2.08. The first-order chi connectivity index (χ1) is 8.82. The highest BCUT2D eigenvalue weighted by Crippen LogP contribution is 2.23. The SMILES string of the molecule is CC(C)(C)OC(=O)NC(CCC(F)(F)F)C(O)C(=O)O. The monoisotopic (exact) mass is 301 g/mol. The summed E-state index contributed by atoms with van der Waals surface area (Å²) in [4.78, 5) is 22.0. The van der Waals surface area contributed by atoms with Gasteiger partial charge in [-0.3, -0.25) is 0 Å². The molecule has 6 nitrogen and oxygen atoms in total. The highest BCUT2D eigenvalue weighted by atomic mass is 19.4. The molecular weight excluding hydrogens is 283 g/mol. The molecule has 0 heterocycles. The molecule has 2 unspecified atom stereocenters. The Morgan fingerprint density at radius 3 is 2.10 bits per heavy atom. The summed E-state index contributed by atoms with van der Waals surface area (Å²) in [5.74, 6) is -1.73. The van der Waals surface area contributed by atoms with Crippen molar-refractivity contribution in [1.29, 1.82) is 0 Å². The minimum absolute atomic E-state index is 0.768. The van der Waals surface area contributed by atoms with Gasteiger partial charge in [0.1, 0.15) is 5.60 Å². The topological polar surface area (TPSA) is 95.9 Å². The number of halogens is 3. The Bertz CT molecular complexity index is 351. The summed E-state index contributed by atoms with van der Waals surface area (Å²) in [7, 11) is 0. The second-order valence-electron chi connectivity index (χ2n) is 5.19. The van der Waals surface area contributed by atoms with Crippen LogP contribution in [0.1, 0.15) is 33.6 Å². The van der Waals surface area contributed by atoms with Gasteiger partial charge in [0.15, 0.2) is 6.10 Å². The molecule has 3 N–H and O–H groups in total. The van der Waals surface area contributed by atoms with Crippen molar-refractivity contribution in [2.45, 2.75) is 57.5 Å². The highest BCUT2D eigenvalue weighted by Gasteiger charge is 2.34. The Morgan fingerprint density at radius 2 is 1.75 bits per heavy atom. The van der Waals surface area contributed by atoms with Crippen LogP contribution in [0.2, 0.25) is 0 Å². The molecule has 0 fully saturated rings. The molecule has 9 heteroatoms. The molecular formula is C11H18F3NO5. The fraction of sp³-hybridized carbons (Fsp3) is 0.818. The quantitative estimate of drug-likeness (QED) is 0.718. The van der Waals surface area contributed by atoms with E-state index in [9.17, 15) is 27.9 Å². The minimum atomic E-state index is -4.52. The molecule has 0 rings (SSSR count). The van der Waals surface area contributed by atoms with Gasteiger partial charge in [-0.1, -0.05) is 0 Å². The molecule has 0 aromatic heterocycles. The fourth-order valence-electron chi connectivity index (χ4n) is 1.26. The number of aliphatic hydroxyl groups excluding tert-OH is 1. The Hall–Kier alpha value is -1.51. The summed E-state index contributed by atoms with van der Waals surface area (Å²) in [5.41, 5.74) is -0.896. The van der Waals surface area contributed by atoms with Crippen molar-refractivity contribution < 1.29 is 37.7 Å². The van der Waals surface area contributed by atoms with Crippen LogP contribution in [0.4, 0.5) is 18.0 Å². The van der Waals surface area contributed by atoms with Gasteiger partial charge >= 0.3 is 18.2 Å². The molecule has 1 amide bonds. The number of carbonyl (C=O) groups is 2. The number of alkyl halides is 3. The van der Waals surface area contributed by atoms with E-state index in [1.807, 2.05) is 5.32 Å². The molecule has 20 heavy (non-hydrogen) atoms. The van der Waals surface area contributed by atoms with E-state index in [-0.39, 0.29) is 0 Å². The van der Waals surface area contributed by atoms with E-state index in [4.69, 9.17) is 9.84 Å². The second-order valence-corrected chi connectivity index (χ2v) is 5.19. The normalized spacial score (nSPS) is 15.3. The maximum absolute atomic E-state index is 12.1. The molecule has 0 aliphatic heterocycles. The van der Waals surface area contributed by atoms with E-state index < -0.39 is 48.8 Å². The number of amides is 1. The standard InChI is InChI=1S/C11H18F3NO5/c1-10(2,3)20-9(19)15-6(7(16)8(17)18)4-5-11(12,13)14/h6-7,16H,4-5H2,1-3H3,(H,15,19)(H,17,18). The zero-order valence-corrected chi connectivity index (χ0v) is 11.3. The lowest BCUT2D eigenvalue weighted by molar-refractivity contribution is -0.152. The van der Waals surface area contributed by atoms with Crippen LogP contribution < -0.4 is 5.32 Å². The summed E-state index contributed by atoms with van der Waals surface area (Å²) >= 11 is 0. The Balaban J connectivity index is 4.69. The summed E-state index contributed by atoms with van der Waals surface area (Å²) in [6.07, 6.45) is -9.87. The average molecular weight is 301 g/mol. The van der Waals surface area contributed by atoms with Crippen LogP contribution in [-0.4, -0.2) is 46.2 Å². The molecule has 0 saturated carbocycles. The van der Waals surface area contributed by atoms with E-state index in [0.29, 0.717) is 0 Å². The summed E-state index contributed by atoms with van der Waals surface area (Å²) in [6, 6.07) is -1.59. The Morgan fingerprint density at radius 1 is 1.25 bits per heavy atom. The van der Waals surface area contributed by atoms with Gasteiger partial charge in [0, 0.05) is 6.42 Å². The molecule has 2 atom stereocenters. The Labute approximate surface area is 113 Å². The first-order valence-corrected chi connectivity index (χ1v) is 5.79. The molecule has 0 radical (unpaired) electrons. The maximum atomic E-state index is 12.1. The van der Waals surface area contributed by atoms with E-state index in [1.54, 1.807) is 0 Å². The molecule has 0 aromatic rings. The number of rotatable bonds is 5. The smallest absolute Gasteiger partial charge is 0.407 e. The number of ether oxygens (including phenoxy) is 1. The van der Waals surface area contributed by atoms with Crippen LogP contribution in [0.5, 0.6) is 0 Å². The second kappa shape index (κ2) is 6.78. The lowest BCUT2D eigenvalue weighted by atomic mass is 10.1. The van der Waals surface area contributed by atoms with Gasteiger partial charge in [-0.05, 0) is 27.2 Å². The van der Waals surface area contributed by atoms with E-state index >= 15 is 0 Å². The van der Waals surface area contributed by atoms with Crippen LogP contribution in [0.15, 0.2) is 0 Å². The number of aliphatic carboxylic acids is 1. The average Bonchev–Trinajstić information content (AvgIpc) is 2.19. The van der Waals surface area contributed by atoms with Gasteiger partial charge < -0.3 is 20.3 Å². The van der Waals surface area contributed by atoms with Crippen molar-refractivity contribution >= 4 is 12.1 Å². The third kappa shape index (κ3) is 8.57. The van der Waals surface area contributed by atoms with Crippen molar-refractivity contribution in [3.05, 3.63) is 0 Å². The van der Waals surface area contributed by atoms with Crippen molar-refractivity contribution in [3.63, 3.8) is 0 Å². The van der Waals surface area contributed by atoms with Gasteiger partial charge in [0.2, 0.25) is 0 Å². The maximum Gasteiger partial charge on any atom is 0.407 e.